The summed E-state index contributed by atoms with van der Waals surface area (Å²) in [4.78, 5) is 41.9. The minimum Gasteiger partial charge on any atom is -0.497 e. The van der Waals surface area contributed by atoms with Gasteiger partial charge in [0, 0.05) is 24.0 Å². The van der Waals surface area contributed by atoms with Crippen molar-refractivity contribution in [2.24, 2.45) is 5.92 Å². The molecule has 3 heterocycles. The van der Waals surface area contributed by atoms with Gasteiger partial charge >= 0.3 is 12.1 Å². The molecule has 0 saturated heterocycles. The van der Waals surface area contributed by atoms with Crippen molar-refractivity contribution in [2.75, 3.05) is 26.9 Å². The quantitative estimate of drug-likeness (QED) is 0.125. The summed E-state index contributed by atoms with van der Waals surface area (Å²) >= 11 is 5.95. The average molecular weight is 626 g/mol. The van der Waals surface area contributed by atoms with Gasteiger partial charge in [-0.05, 0) is 63.8 Å². The van der Waals surface area contributed by atoms with Gasteiger partial charge in [0.15, 0.2) is 0 Å². The Labute approximate surface area is 259 Å². The molecule has 0 bridgehead atoms. The molecule has 0 radical (unpaired) electrons. The van der Waals surface area contributed by atoms with Crippen LogP contribution in [0.5, 0.6) is 0 Å². The van der Waals surface area contributed by atoms with Crippen molar-refractivity contribution in [3.63, 3.8) is 0 Å². The van der Waals surface area contributed by atoms with Crippen LogP contribution in [0.2, 0.25) is 5.02 Å². The zero-order chi connectivity index (χ0) is 31.9. The van der Waals surface area contributed by atoms with Gasteiger partial charge in [-0.2, -0.15) is 5.10 Å². The molecule has 44 heavy (non-hydrogen) atoms. The van der Waals surface area contributed by atoms with Crippen molar-refractivity contribution in [3.8, 4) is 11.3 Å². The van der Waals surface area contributed by atoms with E-state index in [1.54, 1.807) is 63.4 Å². The van der Waals surface area contributed by atoms with Crippen LogP contribution in [0.4, 0.5) is 4.79 Å². The smallest absolute Gasteiger partial charge is 0.408 e. The summed E-state index contributed by atoms with van der Waals surface area (Å²) in [6.45, 7) is 9.10. The maximum absolute atomic E-state index is 13.5. The van der Waals surface area contributed by atoms with Crippen molar-refractivity contribution < 1.29 is 28.5 Å². The number of carbonyl (C=O) groups excluding carboxylic acids is 2. The van der Waals surface area contributed by atoms with E-state index in [0.29, 0.717) is 33.3 Å². The van der Waals surface area contributed by atoms with Crippen molar-refractivity contribution in [1.82, 2.24) is 24.5 Å². The number of ether oxygens (including phenoxy) is 4. The maximum atomic E-state index is 13.5. The Morgan fingerprint density at radius 1 is 1.27 bits per heavy atom. The van der Waals surface area contributed by atoms with Gasteiger partial charge in [-0.1, -0.05) is 24.3 Å². The van der Waals surface area contributed by atoms with E-state index < -0.39 is 23.8 Å². The lowest BCUT2D eigenvalue weighted by molar-refractivity contribution is -0.152. The Morgan fingerprint density at radius 3 is 2.70 bits per heavy atom. The molecule has 3 aromatic rings. The molecule has 234 valence electrons. The first-order valence-electron chi connectivity index (χ1n) is 14.0. The van der Waals surface area contributed by atoms with Crippen LogP contribution in [0, 0.1) is 5.92 Å². The second-order valence-electron chi connectivity index (χ2n) is 11.1. The van der Waals surface area contributed by atoms with E-state index in [9.17, 15) is 14.4 Å². The Morgan fingerprint density at radius 2 is 2.05 bits per heavy atom. The molecule has 0 aromatic carbocycles. The first kappa shape index (κ1) is 32.5. The van der Waals surface area contributed by atoms with E-state index in [0.717, 1.165) is 12.8 Å². The number of pyridine rings is 1. The van der Waals surface area contributed by atoms with Crippen LogP contribution in [-0.4, -0.2) is 69.8 Å². The third kappa shape index (κ3) is 9.29. The standard InChI is InChI=1S/C31H36ClN5O7/c1-20(41-5)13-24(36-19-35-37-17-22(14-26(37)29(36)39)25-11-10-23(32)15-33-25)7-6-12-42-18-27(21-8-9-21)43-28(38)16-34-30(40)44-31(2,3)4/h6-7,10-11,13-15,17,19,21,27H,1,8-9,12,16,18H2,2-5H3,(H,34,40)/b7-6-,24-13+/t27-/m0/s1. The lowest BCUT2D eigenvalue weighted by Gasteiger charge is -2.20. The average Bonchev–Trinajstić information content (AvgIpc) is 3.72. The van der Waals surface area contributed by atoms with Crippen LogP contribution in [0.3, 0.4) is 0 Å². The number of hydrogen-bond acceptors (Lipinski definition) is 9. The van der Waals surface area contributed by atoms with Gasteiger partial charge in [-0.25, -0.2) is 9.31 Å². The Hall–Kier alpha value is -4.42. The van der Waals surface area contributed by atoms with E-state index in [2.05, 4.69) is 22.0 Å². The maximum Gasteiger partial charge on any atom is 0.408 e. The number of nitrogens with zero attached hydrogens (tertiary/aromatic N) is 4. The molecular formula is C31H36ClN5O7. The SMILES string of the molecule is C=C(/C=C(\C=C/COC[C@H](OC(=O)CNC(=O)OC(C)(C)C)C1CC1)n1cnn2cc(-c3ccc(Cl)cn3)cc2c1=O)OC. The van der Waals surface area contributed by atoms with E-state index >= 15 is 0 Å². The predicted octanol–water partition coefficient (Wildman–Crippen LogP) is 4.63. The number of aromatic nitrogens is 4. The molecule has 0 spiro atoms. The number of amides is 1. The molecule has 1 N–H and O–H groups in total. The van der Waals surface area contributed by atoms with Gasteiger partial charge in [0.1, 0.15) is 35.9 Å². The molecular weight excluding hydrogens is 590 g/mol. The third-order valence-electron chi connectivity index (χ3n) is 6.39. The summed E-state index contributed by atoms with van der Waals surface area (Å²) in [5.41, 5.74) is 1.17. The topological polar surface area (TPSA) is 135 Å². The van der Waals surface area contributed by atoms with Crippen LogP contribution >= 0.6 is 11.6 Å². The van der Waals surface area contributed by atoms with Gasteiger partial charge in [0.05, 0.1) is 36.7 Å². The number of rotatable bonds is 13. The highest BCUT2D eigenvalue weighted by molar-refractivity contribution is 6.30. The highest BCUT2D eigenvalue weighted by atomic mass is 35.5. The summed E-state index contributed by atoms with van der Waals surface area (Å²) < 4.78 is 24.6. The zero-order valence-electron chi connectivity index (χ0n) is 25.1. The first-order chi connectivity index (χ1) is 20.9. The van der Waals surface area contributed by atoms with Gasteiger partial charge in [0.2, 0.25) is 0 Å². The number of carbonyl (C=O) groups is 2. The predicted molar refractivity (Wildman–Crippen MR) is 165 cm³/mol. The number of methoxy groups -OCH3 is 1. The van der Waals surface area contributed by atoms with Crippen LogP contribution in [-0.2, 0) is 23.7 Å². The second kappa shape index (κ2) is 14.4. The number of alkyl carbamates (subject to hydrolysis) is 1. The van der Waals surface area contributed by atoms with Gasteiger partial charge in [-0.3, -0.25) is 19.1 Å². The molecule has 1 fully saturated rings. The van der Waals surface area contributed by atoms with E-state index in [1.165, 1.54) is 28.7 Å². The number of hydrogen-bond donors (Lipinski definition) is 1. The molecule has 1 aliphatic rings. The molecule has 12 nitrogen and oxygen atoms in total. The van der Waals surface area contributed by atoms with E-state index in [-0.39, 0.29) is 31.2 Å². The molecule has 1 saturated carbocycles. The number of halogens is 1. The molecule has 0 aliphatic heterocycles. The van der Waals surface area contributed by atoms with Crippen molar-refractivity contribution in [3.05, 3.63) is 82.9 Å². The molecule has 1 atom stereocenters. The lowest BCUT2D eigenvalue weighted by atomic mass is 10.2. The third-order valence-corrected chi connectivity index (χ3v) is 6.62. The minimum absolute atomic E-state index is 0.176. The summed E-state index contributed by atoms with van der Waals surface area (Å²) in [5.74, 6) is -0.0337. The fraction of sp³-hybridized carbons (Fsp3) is 0.387. The van der Waals surface area contributed by atoms with E-state index in [1.807, 2.05) is 0 Å². The number of esters is 1. The molecule has 1 aliphatic carbocycles. The van der Waals surface area contributed by atoms with Gasteiger partial charge in [0.25, 0.3) is 5.56 Å². The highest BCUT2D eigenvalue weighted by Crippen LogP contribution is 2.34. The Kier molecular flexibility index (Phi) is 10.6. The fourth-order valence-electron chi connectivity index (χ4n) is 4.11. The summed E-state index contributed by atoms with van der Waals surface area (Å²) in [7, 11) is 1.48. The summed E-state index contributed by atoms with van der Waals surface area (Å²) in [5, 5.41) is 7.31. The lowest BCUT2D eigenvalue weighted by Crippen LogP contribution is -2.37. The van der Waals surface area contributed by atoms with Gasteiger partial charge in [-0.15, -0.1) is 0 Å². The molecule has 1 amide bonds. The largest absolute Gasteiger partial charge is 0.497 e. The van der Waals surface area contributed by atoms with Gasteiger partial charge < -0.3 is 24.3 Å². The van der Waals surface area contributed by atoms with Crippen molar-refractivity contribution >= 4 is 34.9 Å². The number of allylic oxidation sites excluding steroid dienone is 3. The molecule has 13 heteroatoms. The molecule has 4 rings (SSSR count). The van der Waals surface area contributed by atoms with E-state index in [4.69, 9.17) is 30.5 Å². The van der Waals surface area contributed by atoms with Crippen LogP contribution in [0.1, 0.15) is 33.6 Å². The van der Waals surface area contributed by atoms with Crippen LogP contribution in [0.15, 0.2) is 72.3 Å². The fourth-order valence-corrected chi connectivity index (χ4v) is 4.22. The first-order valence-corrected chi connectivity index (χ1v) is 14.4. The Bertz CT molecular complexity index is 1610. The van der Waals surface area contributed by atoms with Crippen LogP contribution in [0.25, 0.3) is 22.5 Å². The molecule has 3 aromatic heterocycles. The molecule has 0 unspecified atom stereocenters. The Balaban J connectivity index is 1.39. The monoisotopic (exact) mass is 625 g/mol. The van der Waals surface area contributed by atoms with Crippen molar-refractivity contribution in [2.45, 2.75) is 45.3 Å². The zero-order valence-corrected chi connectivity index (χ0v) is 25.9. The number of nitrogens with one attached hydrogen (secondary N) is 1. The minimum atomic E-state index is -0.691. The summed E-state index contributed by atoms with van der Waals surface area (Å²) in [6.07, 6.45) is 10.4. The number of fused-ring (bicyclic) bond motifs is 1. The normalized spacial score (nSPS) is 14.4. The van der Waals surface area contributed by atoms with Crippen molar-refractivity contribution in [1.29, 1.82) is 0 Å². The van der Waals surface area contributed by atoms with Crippen LogP contribution < -0.4 is 10.9 Å². The second-order valence-corrected chi connectivity index (χ2v) is 11.6. The summed E-state index contributed by atoms with van der Waals surface area (Å²) in [6, 6.07) is 5.20. The highest BCUT2D eigenvalue weighted by Gasteiger charge is 2.34.